The van der Waals surface area contributed by atoms with Crippen molar-refractivity contribution in [1.29, 1.82) is 0 Å². The monoisotopic (exact) mass is 397 g/mol. The molecule has 0 aliphatic carbocycles. The molecule has 2 heterocycles. The van der Waals surface area contributed by atoms with Crippen molar-refractivity contribution in [3.8, 4) is 0 Å². The van der Waals surface area contributed by atoms with Gasteiger partial charge in [-0.05, 0) is 28.1 Å². The Hall–Kier alpha value is -3.40. The Bertz CT molecular complexity index is 1160. The van der Waals surface area contributed by atoms with Gasteiger partial charge in [-0.15, -0.1) is 0 Å². The molecule has 1 aliphatic rings. The molecule has 1 amide bonds. The molecular weight excluding hydrogens is 382 g/mol. The number of para-hydroxylation sites is 1. The van der Waals surface area contributed by atoms with E-state index in [1.54, 1.807) is 54.6 Å². The molecule has 0 bridgehead atoms. The molecule has 0 radical (unpaired) electrons. The van der Waals surface area contributed by atoms with Crippen LogP contribution in [0.15, 0.2) is 59.8 Å². The summed E-state index contributed by atoms with van der Waals surface area (Å²) in [6, 6.07) is 15.4. The number of carbonyl (C=O) groups is 2. The fraction of sp³-hybridized carbons (Fsp3) is 0.167. The maximum Gasteiger partial charge on any atom is 0.299 e. The van der Waals surface area contributed by atoms with Crippen LogP contribution in [0.3, 0.4) is 0 Å². The predicted molar refractivity (Wildman–Crippen MR) is 98.3 cm³/mol. The van der Waals surface area contributed by atoms with E-state index >= 15 is 0 Å². The second-order valence-corrected chi connectivity index (χ2v) is 8.12. The van der Waals surface area contributed by atoms with E-state index in [0.29, 0.717) is 16.8 Å². The molecule has 4 rings (SSSR count). The van der Waals surface area contributed by atoms with Crippen LogP contribution in [0.5, 0.6) is 0 Å². The fourth-order valence-corrected chi connectivity index (χ4v) is 4.45. The molecule has 10 heteroatoms. The molecule has 0 fully saturated rings. The number of carbonyl (C=O) groups excluding carboxylic acids is 2. The first kappa shape index (κ1) is 18.0. The van der Waals surface area contributed by atoms with Gasteiger partial charge in [0.2, 0.25) is 9.84 Å². The van der Waals surface area contributed by atoms with E-state index in [9.17, 15) is 18.0 Å². The number of ketones is 1. The summed E-state index contributed by atoms with van der Waals surface area (Å²) in [5, 5.41) is 10.6. The molecule has 1 aliphatic heterocycles. The standard InChI is InChI=1S/C18H15N5O4S/c24-16-14-8-4-5-9-15(14)22(17(16)25)10-11-23-18(19-20-21-23)28(26,27)12-13-6-2-1-3-7-13/h1-9H,10-12H2. The van der Waals surface area contributed by atoms with Gasteiger partial charge < -0.3 is 4.90 Å². The molecule has 0 unspecified atom stereocenters. The highest BCUT2D eigenvalue weighted by Crippen LogP contribution is 2.28. The van der Waals surface area contributed by atoms with Crippen molar-refractivity contribution in [2.24, 2.45) is 0 Å². The van der Waals surface area contributed by atoms with E-state index in [2.05, 4.69) is 15.5 Å². The summed E-state index contributed by atoms with van der Waals surface area (Å²) in [4.78, 5) is 25.6. The smallest absolute Gasteiger partial charge is 0.299 e. The second-order valence-electron chi connectivity index (χ2n) is 6.23. The number of amides is 1. The lowest BCUT2D eigenvalue weighted by Crippen LogP contribution is -2.33. The molecule has 2 aromatic carbocycles. The van der Waals surface area contributed by atoms with E-state index in [1.807, 2.05) is 0 Å². The number of nitrogens with zero attached hydrogens (tertiary/aromatic N) is 5. The van der Waals surface area contributed by atoms with Gasteiger partial charge in [0.05, 0.1) is 23.5 Å². The number of anilines is 1. The number of rotatable bonds is 6. The van der Waals surface area contributed by atoms with Gasteiger partial charge in [-0.2, -0.15) is 0 Å². The third-order valence-corrected chi connectivity index (χ3v) is 5.95. The first-order valence-electron chi connectivity index (χ1n) is 8.45. The van der Waals surface area contributed by atoms with Gasteiger partial charge in [0.15, 0.2) is 0 Å². The highest BCUT2D eigenvalue weighted by atomic mass is 32.2. The van der Waals surface area contributed by atoms with E-state index in [0.717, 1.165) is 4.68 Å². The van der Waals surface area contributed by atoms with Gasteiger partial charge in [0.25, 0.3) is 16.8 Å². The summed E-state index contributed by atoms with van der Waals surface area (Å²) in [5.74, 6) is -1.47. The number of sulfone groups is 1. The zero-order chi connectivity index (χ0) is 19.7. The Balaban J connectivity index is 1.54. The summed E-state index contributed by atoms with van der Waals surface area (Å²) in [5.41, 5.74) is 1.45. The highest BCUT2D eigenvalue weighted by Gasteiger charge is 2.35. The van der Waals surface area contributed by atoms with Crippen LogP contribution in [0.2, 0.25) is 0 Å². The van der Waals surface area contributed by atoms with E-state index in [4.69, 9.17) is 0 Å². The van der Waals surface area contributed by atoms with Crippen LogP contribution in [0.1, 0.15) is 15.9 Å². The molecule has 28 heavy (non-hydrogen) atoms. The molecule has 3 aromatic rings. The zero-order valence-corrected chi connectivity index (χ0v) is 15.4. The van der Waals surface area contributed by atoms with Crippen LogP contribution in [0.25, 0.3) is 0 Å². The number of hydrogen-bond acceptors (Lipinski definition) is 7. The van der Waals surface area contributed by atoms with Crippen LogP contribution in [0.4, 0.5) is 5.69 Å². The predicted octanol–water partition coefficient (Wildman–Crippen LogP) is 0.876. The third kappa shape index (κ3) is 3.18. The van der Waals surface area contributed by atoms with Crippen LogP contribution in [-0.4, -0.2) is 46.9 Å². The largest absolute Gasteiger partial charge is 0.303 e. The minimum atomic E-state index is -3.77. The number of fused-ring (bicyclic) bond motifs is 1. The quantitative estimate of drug-likeness (QED) is 0.567. The van der Waals surface area contributed by atoms with Crippen LogP contribution in [-0.2, 0) is 26.9 Å². The van der Waals surface area contributed by atoms with E-state index < -0.39 is 21.5 Å². The van der Waals surface area contributed by atoms with E-state index in [1.165, 1.54) is 4.90 Å². The van der Waals surface area contributed by atoms with Crippen molar-refractivity contribution in [3.63, 3.8) is 0 Å². The average molecular weight is 397 g/mol. The Kier molecular flexibility index (Phi) is 4.47. The lowest BCUT2D eigenvalue weighted by Gasteiger charge is -2.16. The third-order valence-electron chi connectivity index (χ3n) is 4.39. The Labute approximate surface area is 160 Å². The zero-order valence-electron chi connectivity index (χ0n) is 14.6. The van der Waals surface area contributed by atoms with Crippen molar-refractivity contribution in [2.75, 3.05) is 11.4 Å². The van der Waals surface area contributed by atoms with Gasteiger partial charge in [-0.3, -0.25) is 9.59 Å². The Morgan fingerprint density at radius 1 is 0.893 bits per heavy atom. The maximum atomic E-state index is 12.7. The lowest BCUT2D eigenvalue weighted by molar-refractivity contribution is -0.114. The molecule has 1 aromatic heterocycles. The molecule has 142 valence electrons. The number of tetrazole rings is 1. The highest BCUT2D eigenvalue weighted by molar-refractivity contribution is 7.90. The first-order chi connectivity index (χ1) is 13.5. The Morgan fingerprint density at radius 3 is 2.39 bits per heavy atom. The lowest BCUT2D eigenvalue weighted by atomic mass is 10.1. The van der Waals surface area contributed by atoms with Crippen molar-refractivity contribution in [3.05, 3.63) is 65.7 Å². The Morgan fingerprint density at radius 2 is 1.61 bits per heavy atom. The summed E-state index contributed by atoms with van der Waals surface area (Å²) < 4.78 is 26.5. The van der Waals surface area contributed by atoms with Crippen molar-refractivity contribution < 1.29 is 18.0 Å². The van der Waals surface area contributed by atoms with Crippen molar-refractivity contribution in [2.45, 2.75) is 17.5 Å². The number of benzene rings is 2. The van der Waals surface area contributed by atoms with Crippen LogP contribution < -0.4 is 4.90 Å². The summed E-state index contributed by atoms with van der Waals surface area (Å²) >= 11 is 0. The average Bonchev–Trinajstić information content (AvgIpc) is 3.26. The molecule has 9 nitrogen and oxygen atoms in total. The molecule has 0 spiro atoms. The number of Topliss-reactive ketones (excluding diaryl/α,β-unsaturated/α-hetero) is 1. The van der Waals surface area contributed by atoms with Crippen molar-refractivity contribution >= 4 is 27.2 Å². The molecular formula is C18H15N5O4S. The maximum absolute atomic E-state index is 12.7. The number of hydrogen-bond donors (Lipinski definition) is 0. The molecule has 0 N–H and O–H groups in total. The van der Waals surface area contributed by atoms with Crippen molar-refractivity contribution in [1.82, 2.24) is 20.2 Å². The topological polar surface area (TPSA) is 115 Å². The minimum absolute atomic E-state index is 0.0315. The van der Waals surface area contributed by atoms with Gasteiger partial charge in [0, 0.05) is 6.54 Å². The SMILES string of the molecule is O=C1C(=O)N(CCn2nnnc2S(=O)(=O)Cc2ccccc2)c2ccccc21. The van der Waals surface area contributed by atoms with Crippen LogP contribution >= 0.6 is 0 Å². The first-order valence-corrected chi connectivity index (χ1v) is 10.1. The van der Waals surface area contributed by atoms with Gasteiger partial charge >= 0.3 is 0 Å². The molecule has 0 saturated carbocycles. The fourth-order valence-electron chi connectivity index (χ4n) is 3.08. The van der Waals surface area contributed by atoms with E-state index in [-0.39, 0.29) is 24.0 Å². The molecule has 0 atom stereocenters. The number of aromatic nitrogens is 4. The van der Waals surface area contributed by atoms with Gasteiger partial charge in [-0.25, -0.2) is 13.1 Å². The minimum Gasteiger partial charge on any atom is -0.303 e. The normalized spacial score (nSPS) is 13.8. The summed E-state index contributed by atoms with van der Waals surface area (Å²) in [6.07, 6.45) is 0. The second kappa shape index (κ2) is 6.97. The molecule has 0 saturated heterocycles. The summed E-state index contributed by atoms with van der Waals surface area (Å²) in [7, 11) is -3.77. The van der Waals surface area contributed by atoms with Crippen LogP contribution in [0, 0.1) is 0 Å². The van der Waals surface area contributed by atoms with Gasteiger partial charge in [0.1, 0.15) is 0 Å². The van der Waals surface area contributed by atoms with Gasteiger partial charge in [-0.1, -0.05) is 47.6 Å². The summed E-state index contributed by atoms with van der Waals surface area (Å²) in [6.45, 7) is 0.101.